The Morgan fingerprint density at radius 2 is 1.93 bits per heavy atom. The maximum Gasteiger partial charge on any atom is 0.0704 e. The Hall–Kier alpha value is -0.0800. The molecule has 2 atom stereocenters. The van der Waals surface area contributed by atoms with E-state index in [1.54, 1.807) is 0 Å². The SMILES string of the molecule is CCC(C)(CC)NCC1CCC(C)O1. The van der Waals surface area contributed by atoms with E-state index < -0.39 is 0 Å². The van der Waals surface area contributed by atoms with Gasteiger partial charge < -0.3 is 10.1 Å². The van der Waals surface area contributed by atoms with Crippen LogP contribution in [0.25, 0.3) is 0 Å². The summed E-state index contributed by atoms with van der Waals surface area (Å²) in [5.74, 6) is 0. The fourth-order valence-electron chi connectivity index (χ4n) is 1.90. The largest absolute Gasteiger partial charge is 0.374 e. The third kappa shape index (κ3) is 3.25. The van der Waals surface area contributed by atoms with Crippen LogP contribution < -0.4 is 5.32 Å². The van der Waals surface area contributed by atoms with E-state index in [0.29, 0.717) is 17.7 Å². The van der Waals surface area contributed by atoms with Gasteiger partial charge in [0.15, 0.2) is 0 Å². The van der Waals surface area contributed by atoms with Gasteiger partial charge in [0.1, 0.15) is 0 Å². The van der Waals surface area contributed by atoms with Crippen molar-refractivity contribution < 1.29 is 4.74 Å². The predicted octanol–water partition coefficient (Wildman–Crippen LogP) is 2.72. The van der Waals surface area contributed by atoms with E-state index in [4.69, 9.17) is 4.74 Å². The van der Waals surface area contributed by atoms with Crippen LogP contribution in [0.5, 0.6) is 0 Å². The van der Waals surface area contributed by atoms with Gasteiger partial charge in [-0.05, 0) is 39.5 Å². The summed E-state index contributed by atoms with van der Waals surface area (Å²) in [7, 11) is 0. The van der Waals surface area contributed by atoms with Gasteiger partial charge in [0, 0.05) is 12.1 Å². The standard InChI is InChI=1S/C12H25NO/c1-5-12(4,6-2)13-9-11-8-7-10(3)14-11/h10-11,13H,5-9H2,1-4H3. The number of hydrogen-bond donors (Lipinski definition) is 1. The van der Waals surface area contributed by atoms with Gasteiger partial charge in [-0.15, -0.1) is 0 Å². The second-order valence-corrected chi connectivity index (χ2v) is 4.79. The van der Waals surface area contributed by atoms with Crippen LogP contribution >= 0.6 is 0 Å². The molecular weight excluding hydrogens is 174 g/mol. The topological polar surface area (TPSA) is 21.3 Å². The minimum absolute atomic E-state index is 0.301. The maximum absolute atomic E-state index is 5.78. The second-order valence-electron chi connectivity index (χ2n) is 4.79. The van der Waals surface area contributed by atoms with Crippen LogP contribution in [0, 0.1) is 0 Å². The van der Waals surface area contributed by atoms with E-state index in [9.17, 15) is 0 Å². The highest BCUT2D eigenvalue weighted by Gasteiger charge is 2.25. The van der Waals surface area contributed by atoms with Crippen LogP contribution in [-0.2, 0) is 4.74 Å². The highest BCUT2D eigenvalue weighted by Crippen LogP contribution is 2.20. The van der Waals surface area contributed by atoms with Crippen molar-refractivity contribution in [3.8, 4) is 0 Å². The molecule has 1 heterocycles. The Kier molecular flexibility index (Phi) is 4.39. The Labute approximate surface area is 88.4 Å². The quantitative estimate of drug-likeness (QED) is 0.735. The molecule has 0 aromatic heterocycles. The third-order valence-electron chi connectivity index (χ3n) is 3.64. The molecule has 0 amide bonds. The molecule has 1 saturated heterocycles. The van der Waals surface area contributed by atoms with Gasteiger partial charge in [0.25, 0.3) is 0 Å². The van der Waals surface area contributed by atoms with Gasteiger partial charge in [-0.2, -0.15) is 0 Å². The molecule has 2 unspecified atom stereocenters. The summed E-state index contributed by atoms with van der Waals surface area (Å²) >= 11 is 0. The minimum atomic E-state index is 0.301. The first-order valence-electron chi connectivity index (χ1n) is 6.00. The van der Waals surface area contributed by atoms with Crippen molar-refractivity contribution in [2.75, 3.05) is 6.54 Å². The number of rotatable bonds is 5. The lowest BCUT2D eigenvalue weighted by Crippen LogP contribution is -2.44. The van der Waals surface area contributed by atoms with E-state index in [1.807, 2.05) is 0 Å². The fraction of sp³-hybridized carbons (Fsp3) is 1.00. The van der Waals surface area contributed by atoms with Crippen LogP contribution in [0.15, 0.2) is 0 Å². The Morgan fingerprint density at radius 1 is 1.29 bits per heavy atom. The van der Waals surface area contributed by atoms with Gasteiger partial charge in [-0.3, -0.25) is 0 Å². The van der Waals surface area contributed by atoms with Gasteiger partial charge in [0.2, 0.25) is 0 Å². The molecular formula is C12H25NO. The normalized spacial score (nSPS) is 28.3. The number of nitrogens with one attached hydrogen (secondary N) is 1. The molecule has 0 aromatic carbocycles. The minimum Gasteiger partial charge on any atom is -0.374 e. The first-order valence-corrected chi connectivity index (χ1v) is 6.00. The Morgan fingerprint density at radius 3 is 2.36 bits per heavy atom. The lowest BCUT2D eigenvalue weighted by Gasteiger charge is -2.29. The zero-order valence-electron chi connectivity index (χ0n) is 10.1. The van der Waals surface area contributed by atoms with Crippen molar-refractivity contribution in [3.63, 3.8) is 0 Å². The second kappa shape index (κ2) is 5.13. The van der Waals surface area contributed by atoms with Crippen molar-refractivity contribution in [3.05, 3.63) is 0 Å². The molecule has 1 aliphatic heterocycles. The fourth-order valence-corrected chi connectivity index (χ4v) is 1.90. The van der Waals surface area contributed by atoms with E-state index in [2.05, 4.69) is 33.0 Å². The first-order chi connectivity index (χ1) is 6.59. The molecule has 2 nitrogen and oxygen atoms in total. The summed E-state index contributed by atoms with van der Waals surface area (Å²) in [6.45, 7) is 9.97. The Bertz CT molecular complexity index is 166. The zero-order chi connectivity index (χ0) is 10.6. The highest BCUT2D eigenvalue weighted by molar-refractivity contribution is 4.82. The number of hydrogen-bond acceptors (Lipinski definition) is 2. The molecule has 1 fully saturated rings. The predicted molar refractivity (Wildman–Crippen MR) is 60.6 cm³/mol. The molecule has 1 N–H and O–H groups in total. The van der Waals surface area contributed by atoms with Crippen molar-refractivity contribution in [1.29, 1.82) is 0 Å². The van der Waals surface area contributed by atoms with Gasteiger partial charge >= 0.3 is 0 Å². The van der Waals surface area contributed by atoms with Crippen LogP contribution in [0.3, 0.4) is 0 Å². The Balaban J connectivity index is 2.25. The lowest BCUT2D eigenvalue weighted by molar-refractivity contribution is 0.0505. The van der Waals surface area contributed by atoms with Crippen LogP contribution in [0.1, 0.15) is 53.4 Å². The molecule has 84 valence electrons. The van der Waals surface area contributed by atoms with Gasteiger partial charge in [-0.25, -0.2) is 0 Å². The average molecular weight is 199 g/mol. The monoisotopic (exact) mass is 199 g/mol. The molecule has 1 aliphatic rings. The van der Waals surface area contributed by atoms with Crippen LogP contribution in [0.4, 0.5) is 0 Å². The van der Waals surface area contributed by atoms with Crippen LogP contribution in [0.2, 0.25) is 0 Å². The van der Waals surface area contributed by atoms with Crippen molar-refractivity contribution >= 4 is 0 Å². The highest BCUT2D eigenvalue weighted by atomic mass is 16.5. The number of ether oxygens (including phenoxy) is 1. The van der Waals surface area contributed by atoms with Crippen molar-refractivity contribution in [1.82, 2.24) is 5.32 Å². The molecule has 0 aromatic rings. The maximum atomic E-state index is 5.78. The molecule has 0 bridgehead atoms. The van der Waals surface area contributed by atoms with E-state index in [1.165, 1.54) is 25.7 Å². The van der Waals surface area contributed by atoms with Crippen molar-refractivity contribution in [2.45, 2.75) is 71.1 Å². The molecule has 0 spiro atoms. The van der Waals surface area contributed by atoms with Gasteiger partial charge in [-0.1, -0.05) is 13.8 Å². The first kappa shape index (κ1) is 12.0. The summed E-state index contributed by atoms with van der Waals surface area (Å²) in [4.78, 5) is 0. The molecule has 14 heavy (non-hydrogen) atoms. The molecule has 1 rings (SSSR count). The molecule has 0 saturated carbocycles. The van der Waals surface area contributed by atoms with Crippen LogP contribution in [-0.4, -0.2) is 24.3 Å². The van der Waals surface area contributed by atoms with E-state index >= 15 is 0 Å². The summed E-state index contributed by atoms with van der Waals surface area (Å²) < 4.78 is 5.78. The molecule has 0 aliphatic carbocycles. The van der Waals surface area contributed by atoms with E-state index in [-0.39, 0.29) is 0 Å². The zero-order valence-corrected chi connectivity index (χ0v) is 10.1. The van der Waals surface area contributed by atoms with Crippen molar-refractivity contribution in [2.24, 2.45) is 0 Å². The summed E-state index contributed by atoms with van der Waals surface area (Å²) in [5, 5.41) is 3.63. The summed E-state index contributed by atoms with van der Waals surface area (Å²) in [6, 6.07) is 0. The van der Waals surface area contributed by atoms with Gasteiger partial charge in [0.05, 0.1) is 12.2 Å². The average Bonchev–Trinajstić information content (AvgIpc) is 2.61. The lowest BCUT2D eigenvalue weighted by atomic mass is 9.95. The smallest absolute Gasteiger partial charge is 0.0704 e. The summed E-state index contributed by atoms with van der Waals surface area (Å²) in [6.07, 6.45) is 5.73. The molecule has 2 heteroatoms. The van der Waals surface area contributed by atoms with E-state index in [0.717, 1.165) is 6.54 Å². The third-order valence-corrected chi connectivity index (χ3v) is 3.64. The molecule has 0 radical (unpaired) electrons. The summed E-state index contributed by atoms with van der Waals surface area (Å²) in [5.41, 5.74) is 0.301.